The van der Waals surface area contributed by atoms with Gasteiger partial charge in [0.05, 0.1) is 19.6 Å². The van der Waals surface area contributed by atoms with Gasteiger partial charge in [-0.25, -0.2) is 0 Å². The Morgan fingerprint density at radius 1 is 1.00 bits per heavy atom. The van der Waals surface area contributed by atoms with Crippen LogP contribution in [0.2, 0.25) is 0 Å². The molecule has 0 saturated carbocycles. The van der Waals surface area contributed by atoms with Crippen molar-refractivity contribution in [3.05, 3.63) is 0 Å². The van der Waals surface area contributed by atoms with Crippen molar-refractivity contribution in [1.82, 2.24) is 0 Å². The first-order valence-corrected chi connectivity index (χ1v) is 6.04. The van der Waals surface area contributed by atoms with Crippen molar-refractivity contribution in [2.75, 3.05) is 19.8 Å². The summed E-state index contributed by atoms with van der Waals surface area (Å²) in [6.45, 7) is 5.73. The van der Waals surface area contributed by atoms with E-state index in [0.29, 0.717) is 19.6 Å². The molecule has 0 bridgehead atoms. The molecule has 0 rings (SSSR count). The average Bonchev–Trinajstić information content (AvgIpc) is 2.22. The van der Waals surface area contributed by atoms with Crippen molar-refractivity contribution >= 4 is 5.97 Å². The summed E-state index contributed by atoms with van der Waals surface area (Å²) >= 11 is 0. The highest BCUT2D eigenvalue weighted by Crippen LogP contribution is 2.02. The molecular formula is C12H24O3. The smallest absolute Gasteiger partial charge is 0.308 e. The summed E-state index contributed by atoms with van der Waals surface area (Å²) in [6.07, 6.45) is 6.57. The summed E-state index contributed by atoms with van der Waals surface area (Å²) < 4.78 is 10.1. The fraction of sp³-hybridized carbons (Fsp3) is 0.917. The SMILES string of the molecule is CCCCCCCOCCC(=O)OCC. The van der Waals surface area contributed by atoms with E-state index in [9.17, 15) is 4.79 Å². The van der Waals surface area contributed by atoms with E-state index in [1.54, 1.807) is 0 Å². The highest BCUT2D eigenvalue weighted by molar-refractivity contribution is 5.69. The third-order valence-corrected chi connectivity index (χ3v) is 2.15. The largest absolute Gasteiger partial charge is 0.466 e. The number of carbonyl (C=O) groups excluding carboxylic acids is 1. The van der Waals surface area contributed by atoms with E-state index in [0.717, 1.165) is 13.0 Å². The quantitative estimate of drug-likeness (QED) is 0.416. The highest BCUT2D eigenvalue weighted by Gasteiger charge is 2.00. The van der Waals surface area contributed by atoms with Crippen molar-refractivity contribution in [2.24, 2.45) is 0 Å². The fourth-order valence-corrected chi connectivity index (χ4v) is 1.30. The number of ether oxygens (including phenoxy) is 2. The van der Waals surface area contributed by atoms with Gasteiger partial charge in [-0.05, 0) is 13.3 Å². The summed E-state index contributed by atoms with van der Waals surface area (Å²) in [5.41, 5.74) is 0. The number of carbonyl (C=O) groups is 1. The first-order valence-electron chi connectivity index (χ1n) is 6.04. The van der Waals surface area contributed by atoms with Gasteiger partial charge >= 0.3 is 5.97 Å². The molecule has 0 aromatic rings. The second kappa shape index (κ2) is 11.5. The number of hydrogen-bond acceptors (Lipinski definition) is 3. The van der Waals surface area contributed by atoms with E-state index in [4.69, 9.17) is 9.47 Å². The average molecular weight is 216 g/mol. The van der Waals surface area contributed by atoms with Crippen molar-refractivity contribution in [1.29, 1.82) is 0 Å². The molecule has 0 N–H and O–H groups in total. The van der Waals surface area contributed by atoms with Crippen LogP contribution < -0.4 is 0 Å². The number of unbranched alkanes of at least 4 members (excludes halogenated alkanes) is 4. The molecule has 3 nitrogen and oxygen atoms in total. The van der Waals surface area contributed by atoms with Gasteiger partial charge in [0, 0.05) is 6.61 Å². The van der Waals surface area contributed by atoms with Gasteiger partial charge in [0.1, 0.15) is 0 Å². The summed E-state index contributed by atoms with van der Waals surface area (Å²) in [6, 6.07) is 0. The summed E-state index contributed by atoms with van der Waals surface area (Å²) in [5.74, 6) is -0.163. The lowest BCUT2D eigenvalue weighted by atomic mass is 10.2. The molecule has 0 heterocycles. The highest BCUT2D eigenvalue weighted by atomic mass is 16.5. The number of hydrogen-bond donors (Lipinski definition) is 0. The lowest BCUT2D eigenvalue weighted by Crippen LogP contribution is -2.08. The molecule has 0 aromatic carbocycles. The third-order valence-electron chi connectivity index (χ3n) is 2.15. The minimum absolute atomic E-state index is 0.163. The monoisotopic (exact) mass is 216 g/mol. The molecule has 0 aromatic heterocycles. The zero-order chi connectivity index (χ0) is 11.4. The minimum Gasteiger partial charge on any atom is -0.466 e. The Morgan fingerprint density at radius 3 is 2.40 bits per heavy atom. The van der Waals surface area contributed by atoms with E-state index >= 15 is 0 Å². The number of esters is 1. The van der Waals surface area contributed by atoms with Gasteiger partial charge in [-0.1, -0.05) is 32.6 Å². The predicted octanol–water partition coefficient (Wildman–Crippen LogP) is 2.93. The second-order valence-corrected chi connectivity index (χ2v) is 3.58. The molecule has 3 heteroatoms. The molecule has 0 unspecified atom stereocenters. The van der Waals surface area contributed by atoms with Gasteiger partial charge in [-0.15, -0.1) is 0 Å². The summed E-state index contributed by atoms with van der Waals surface area (Å²) in [5, 5.41) is 0. The second-order valence-electron chi connectivity index (χ2n) is 3.58. The zero-order valence-electron chi connectivity index (χ0n) is 10.1. The van der Waals surface area contributed by atoms with Gasteiger partial charge in [0.15, 0.2) is 0 Å². The summed E-state index contributed by atoms with van der Waals surface area (Å²) in [4.78, 5) is 10.9. The molecule has 90 valence electrons. The molecule has 0 aliphatic carbocycles. The Morgan fingerprint density at radius 2 is 1.73 bits per heavy atom. The van der Waals surface area contributed by atoms with Crippen molar-refractivity contribution in [2.45, 2.75) is 52.4 Å². The molecule has 0 amide bonds. The van der Waals surface area contributed by atoms with Crippen LogP contribution in [-0.4, -0.2) is 25.8 Å². The Hall–Kier alpha value is -0.570. The molecule has 0 aliphatic heterocycles. The fourth-order valence-electron chi connectivity index (χ4n) is 1.30. The molecule has 15 heavy (non-hydrogen) atoms. The lowest BCUT2D eigenvalue weighted by Gasteiger charge is -2.04. The Balaban J connectivity index is 3.01. The maximum atomic E-state index is 10.9. The predicted molar refractivity (Wildman–Crippen MR) is 60.8 cm³/mol. The molecule has 0 radical (unpaired) electrons. The maximum absolute atomic E-state index is 10.9. The first-order chi connectivity index (χ1) is 7.31. The standard InChI is InChI=1S/C12H24O3/c1-3-5-6-7-8-10-14-11-9-12(13)15-4-2/h3-11H2,1-2H3. The Labute approximate surface area is 93.1 Å². The third kappa shape index (κ3) is 11.4. The van der Waals surface area contributed by atoms with Crippen LogP contribution in [0, 0.1) is 0 Å². The van der Waals surface area contributed by atoms with Crippen LogP contribution in [0.4, 0.5) is 0 Å². The van der Waals surface area contributed by atoms with Crippen molar-refractivity contribution < 1.29 is 14.3 Å². The van der Waals surface area contributed by atoms with Gasteiger partial charge in [-0.3, -0.25) is 4.79 Å². The minimum atomic E-state index is -0.163. The van der Waals surface area contributed by atoms with Crippen molar-refractivity contribution in [3.8, 4) is 0 Å². The van der Waals surface area contributed by atoms with E-state index in [2.05, 4.69) is 6.92 Å². The van der Waals surface area contributed by atoms with Gasteiger partial charge in [-0.2, -0.15) is 0 Å². The van der Waals surface area contributed by atoms with Crippen LogP contribution in [0.25, 0.3) is 0 Å². The maximum Gasteiger partial charge on any atom is 0.308 e. The van der Waals surface area contributed by atoms with E-state index in [1.807, 2.05) is 6.92 Å². The zero-order valence-corrected chi connectivity index (χ0v) is 10.1. The molecule has 0 fully saturated rings. The normalized spacial score (nSPS) is 10.3. The van der Waals surface area contributed by atoms with Crippen LogP contribution in [-0.2, 0) is 14.3 Å². The van der Waals surface area contributed by atoms with Crippen molar-refractivity contribution in [3.63, 3.8) is 0 Å². The van der Waals surface area contributed by atoms with E-state index in [-0.39, 0.29) is 5.97 Å². The molecular weight excluding hydrogens is 192 g/mol. The van der Waals surface area contributed by atoms with E-state index in [1.165, 1.54) is 25.7 Å². The van der Waals surface area contributed by atoms with Crippen LogP contribution in [0.15, 0.2) is 0 Å². The number of rotatable bonds is 10. The van der Waals surface area contributed by atoms with E-state index < -0.39 is 0 Å². The van der Waals surface area contributed by atoms with Gasteiger partial charge in [0.25, 0.3) is 0 Å². The molecule has 0 atom stereocenters. The summed E-state index contributed by atoms with van der Waals surface area (Å²) in [7, 11) is 0. The van der Waals surface area contributed by atoms with Crippen LogP contribution >= 0.6 is 0 Å². The molecule has 0 spiro atoms. The topological polar surface area (TPSA) is 35.5 Å². The van der Waals surface area contributed by atoms with Gasteiger partial charge < -0.3 is 9.47 Å². The lowest BCUT2D eigenvalue weighted by molar-refractivity contribution is -0.144. The van der Waals surface area contributed by atoms with Crippen LogP contribution in [0.3, 0.4) is 0 Å². The molecule has 0 aliphatic rings. The first kappa shape index (κ1) is 14.4. The Bertz CT molecular complexity index is 146. The van der Waals surface area contributed by atoms with Crippen LogP contribution in [0.1, 0.15) is 52.4 Å². The van der Waals surface area contributed by atoms with Crippen LogP contribution in [0.5, 0.6) is 0 Å². The Kier molecular flexibility index (Phi) is 11.1. The molecule has 0 saturated heterocycles. The van der Waals surface area contributed by atoms with Gasteiger partial charge in [0.2, 0.25) is 0 Å².